The molecule has 1 amide bonds. The average molecular weight is 320 g/mol. The third-order valence-corrected chi connectivity index (χ3v) is 3.70. The normalized spacial score (nSPS) is 10.9. The zero-order valence-electron chi connectivity index (χ0n) is 12.5. The summed E-state index contributed by atoms with van der Waals surface area (Å²) in [7, 11) is 0. The van der Waals surface area contributed by atoms with Crippen molar-refractivity contribution in [2.45, 2.75) is 20.8 Å². The number of rotatable bonds is 5. The third kappa shape index (κ3) is 4.05. The number of furan rings is 1. The van der Waals surface area contributed by atoms with Crippen LogP contribution in [0.4, 0.5) is 5.13 Å². The van der Waals surface area contributed by atoms with E-state index < -0.39 is 5.97 Å². The first-order valence-electron chi connectivity index (χ1n) is 6.69. The molecule has 116 valence electrons. The fourth-order valence-electron chi connectivity index (χ4n) is 1.68. The van der Waals surface area contributed by atoms with Crippen LogP contribution >= 0.6 is 11.3 Å². The molecular weight excluding hydrogens is 304 g/mol. The number of anilines is 1. The van der Waals surface area contributed by atoms with Crippen molar-refractivity contribution < 1.29 is 18.7 Å². The van der Waals surface area contributed by atoms with E-state index in [9.17, 15) is 9.59 Å². The molecule has 0 atom stereocenters. The number of aryl methyl sites for hydroxylation is 2. The van der Waals surface area contributed by atoms with Gasteiger partial charge in [0.05, 0.1) is 12.3 Å². The van der Waals surface area contributed by atoms with Gasteiger partial charge in [-0.15, -0.1) is 0 Å². The van der Waals surface area contributed by atoms with Crippen LogP contribution in [0.15, 0.2) is 22.6 Å². The first-order chi connectivity index (χ1) is 10.5. The zero-order chi connectivity index (χ0) is 16.1. The highest BCUT2D eigenvalue weighted by Gasteiger charge is 2.16. The molecule has 7 heteroatoms. The van der Waals surface area contributed by atoms with Crippen molar-refractivity contribution in [2.24, 2.45) is 0 Å². The van der Waals surface area contributed by atoms with Gasteiger partial charge in [-0.3, -0.25) is 10.1 Å². The van der Waals surface area contributed by atoms with E-state index in [4.69, 9.17) is 9.15 Å². The molecule has 0 aliphatic carbocycles. The number of esters is 1. The summed E-state index contributed by atoms with van der Waals surface area (Å²) in [4.78, 5) is 28.0. The number of nitrogens with zero attached hydrogens (tertiary/aromatic N) is 1. The van der Waals surface area contributed by atoms with Crippen LogP contribution in [-0.2, 0) is 9.53 Å². The standard InChI is InChI=1S/C15H16N2O4S/c1-4-20-14(19)13-10(3)16-15(22-13)17-12(18)8-7-11-6-5-9(2)21-11/h5-8H,4H2,1-3H3,(H,16,17,18). The Kier molecular flexibility index (Phi) is 5.11. The lowest BCUT2D eigenvalue weighted by molar-refractivity contribution is -0.111. The number of amides is 1. The molecule has 0 fully saturated rings. The van der Waals surface area contributed by atoms with Gasteiger partial charge in [0.25, 0.3) is 0 Å². The summed E-state index contributed by atoms with van der Waals surface area (Å²) in [5, 5.41) is 2.96. The Balaban J connectivity index is 2.01. The van der Waals surface area contributed by atoms with Gasteiger partial charge in [-0.1, -0.05) is 11.3 Å². The summed E-state index contributed by atoms with van der Waals surface area (Å²) in [5.41, 5.74) is 0.532. The summed E-state index contributed by atoms with van der Waals surface area (Å²) in [6.07, 6.45) is 2.91. The fraction of sp³-hybridized carbons (Fsp3) is 0.267. The number of carbonyl (C=O) groups excluding carboxylic acids is 2. The number of hydrogen-bond donors (Lipinski definition) is 1. The van der Waals surface area contributed by atoms with Gasteiger partial charge in [-0.05, 0) is 39.0 Å². The molecule has 1 N–H and O–H groups in total. The molecule has 0 unspecified atom stereocenters. The second kappa shape index (κ2) is 7.04. The largest absolute Gasteiger partial charge is 0.462 e. The van der Waals surface area contributed by atoms with Gasteiger partial charge >= 0.3 is 5.97 Å². The van der Waals surface area contributed by atoms with E-state index in [1.165, 1.54) is 6.08 Å². The molecule has 0 saturated carbocycles. The molecule has 2 heterocycles. The smallest absolute Gasteiger partial charge is 0.350 e. The number of ether oxygens (including phenoxy) is 1. The van der Waals surface area contributed by atoms with Gasteiger partial charge < -0.3 is 9.15 Å². The lowest BCUT2D eigenvalue weighted by Gasteiger charge is -1.97. The van der Waals surface area contributed by atoms with Crippen molar-refractivity contribution in [2.75, 3.05) is 11.9 Å². The number of nitrogens with one attached hydrogen (secondary N) is 1. The summed E-state index contributed by atoms with van der Waals surface area (Å²) >= 11 is 1.09. The minimum Gasteiger partial charge on any atom is -0.462 e. The van der Waals surface area contributed by atoms with Crippen LogP contribution in [0.5, 0.6) is 0 Å². The van der Waals surface area contributed by atoms with Gasteiger partial charge in [-0.2, -0.15) is 0 Å². The van der Waals surface area contributed by atoms with Gasteiger partial charge in [-0.25, -0.2) is 9.78 Å². The maximum absolute atomic E-state index is 11.8. The van der Waals surface area contributed by atoms with Crippen LogP contribution in [0.2, 0.25) is 0 Å². The van der Waals surface area contributed by atoms with Crippen LogP contribution in [0.1, 0.15) is 33.8 Å². The van der Waals surface area contributed by atoms with Crippen molar-refractivity contribution in [3.8, 4) is 0 Å². The zero-order valence-corrected chi connectivity index (χ0v) is 13.3. The predicted octanol–water partition coefficient (Wildman–Crippen LogP) is 3.18. The summed E-state index contributed by atoms with van der Waals surface area (Å²) < 4.78 is 10.3. The van der Waals surface area contributed by atoms with Crippen molar-refractivity contribution in [3.05, 3.63) is 40.3 Å². The number of hydrogen-bond acceptors (Lipinski definition) is 6. The molecule has 0 spiro atoms. The Morgan fingerprint density at radius 1 is 1.41 bits per heavy atom. The number of thiazole rings is 1. The average Bonchev–Trinajstić information content (AvgIpc) is 3.03. The van der Waals surface area contributed by atoms with Gasteiger partial charge in [0.1, 0.15) is 16.4 Å². The highest BCUT2D eigenvalue weighted by molar-refractivity contribution is 7.17. The highest BCUT2D eigenvalue weighted by atomic mass is 32.1. The quantitative estimate of drug-likeness (QED) is 0.676. The maximum Gasteiger partial charge on any atom is 0.350 e. The van der Waals surface area contributed by atoms with E-state index in [-0.39, 0.29) is 5.91 Å². The van der Waals surface area contributed by atoms with Gasteiger partial charge in [0.15, 0.2) is 5.13 Å². The number of carbonyl (C=O) groups is 2. The fourth-order valence-corrected chi connectivity index (χ4v) is 2.55. The molecule has 0 saturated heterocycles. The van der Waals surface area contributed by atoms with Crippen LogP contribution in [-0.4, -0.2) is 23.5 Å². The van der Waals surface area contributed by atoms with E-state index in [1.54, 1.807) is 26.0 Å². The van der Waals surface area contributed by atoms with Crippen molar-refractivity contribution >= 4 is 34.4 Å². The summed E-state index contributed by atoms with van der Waals surface area (Å²) in [6, 6.07) is 3.58. The van der Waals surface area contributed by atoms with Crippen molar-refractivity contribution in [3.63, 3.8) is 0 Å². The van der Waals surface area contributed by atoms with Crippen molar-refractivity contribution in [1.29, 1.82) is 0 Å². The molecule has 2 aromatic heterocycles. The summed E-state index contributed by atoms with van der Waals surface area (Å²) in [6.45, 7) is 5.55. The minimum absolute atomic E-state index is 0.295. The molecule has 0 aliphatic heterocycles. The molecular formula is C15H16N2O4S. The Morgan fingerprint density at radius 3 is 2.82 bits per heavy atom. The Morgan fingerprint density at radius 2 is 2.18 bits per heavy atom. The molecule has 2 aromatic rings. The van der Waals surface area contributed by atoms with Crippen LogP contribution < -0.4 is 5.32 Å². The van der Waals surface area contributed by atoms with Crippen LogP contribution in [0, 0.1) is 13.8 Å². The Hall–Kier alpha value is -2.41. The molecule has 2 rings (SSSR count). The predicted molar refractivity (Wildman–Crippen MR) is 83.9 cm³/mol. The molecule has 0 bridgehead atoms. The lowest BCUT2D eigenvalue weighted by Crippen LogP contribution is -2.07. The summed E-state index contributed by atoms with van der Waals surface area (Å²) in [5.74, 6) is 0.586. The van der Waals surface area contributed by atoms with Gasteiger partial charge in [0.2, 0.25) is 5.91 Å². The van der Waals surface area contributed by atoms with E-state index in [1.807, 2.05) is 13.0 Å². The monoisotopic (exact) mass is 320 g/mol. The van der Waals surface area contributed by atoms with E-state index in [0.29, 0.717) is 28.1 Å². The topological polar surface area (TPSA) is 81.4 Å². The first kappa shape index (κ1) is 16.0. The van der Waals surface area contributed by atoms with Crippen LogP contribution in [0.25, 0.3) is 6.08 Å². The van der Waals surface area contributed by atoms with E-state index >= 15 is 0 Å². The molecule has 0 aromatic carbocycles. The lowest BCUT2D eigenvalue weighted by atomic mass is 10.4. The highest BCUT2D eigenvalue weighted by Crippen LogP contribution is 2.23. The molecule has 6 nitrogen and oxygen atoms in total. The van der Waals surface area contributed by atoms with E-state index in [2.05, 4.69) is 10.3 Å². The van der Waals surface area contributed by atoms with Crippen molar-refractivity contribution in [1.82, 2.24) is 4.98 Å². The third-order valence-electron chi connectivity index (χ3n) is 2.65. The van der Waals surface area contributed by atoms with E-state index in [0.717, 1.165) is 17.1 Å². The van der Waals surface area contributed by atoms with Gasteiger partial charge in [0, 0.05) is 6.08 Å². The Bertz CT molecular complexity index is 715. The molecule has 0 radical (unpaired) electrons. The number of aromatic nitrogens is 1. The maximum atomic E-state index is 11.8. The first-order valence-corrected chi connectivity index (χ1v) is 7.51. The molecule has 0 aliphatic rings. The SMILES string of the molecule is CCOC(=O)c1sc(NC(=O)C=Cc2ccc(C)o2)nc1C. The van der Waals surface area contributed by atoms with Crippen LogP contribution in [0.3, 0.4) is 0 Å². The second-order valence-corrected chi connectivity index (χ2v) is 5.42. The Labute approximate surface area is 131 Å². The second-order valence-electron chi connectivity index (χ2n) is 4.43. The molecule has 22 heavy (non-hydrogen) atoms. The minimum atomic E-state index is -0.431.